The van der Waals surface area contributed by atoms with Crippen molar-refractivity contribution < 1.29 is 19.8 Å². The molecule has 0 aliphatic rings. The minimum Gasteiger partial charge on any atom is -0.481 e. The van der Waals surface area contributed by atoms with Gasteiger partial charge in [-0.05, 0) is 13.3 Å². The van der Waals surface area contributed by atoms with Gasteiger partial charge in [-0.1, -0.05) is 0 Å². The highest BCUT2D eigenvalue weighted by molar-refractivity contribution is 8.00. The first kappa shape index (κ1) is 14.2. The molecule has 0 aliphatic heterocycles. The lowest BCUT2D eigenvalue weighted by atomic mass is 10.3. The van der Waals surface area contributed by atoms with E-state index in [1.54, 1.807) is 14.0 Å². The molecule has 1 unspecified atom stereocenters. The lowest BCUT2D eigenvalue weighted by Gasteiger charge is -2.17. The Balaban J connectivity index is 3.64. The molecule has 0 aromatic rings. The Morgan fingerprint density at radius 1 is 1.40 bits per heavy atom. The number of nitrogens with zero attached hydrogens (tertiary/aromatic N) is 1. The molecule has 0 aliphatic carbocycles. The molecule has 0 spiro atoms. The minimum absolute atomic E-state index is 0.0595. The standard InChI is InChI=1S/C9H17NO4S/c1-7(11)3-4-10(2)8(12)5-15-6-9(13)14/h7,11H,3-6H2,1-2H3,(H,13,14). The summed E-state index contributed by atoms with van der Waals surface area (Å²) in [6.07, 6.45) is 0.109. The van der Waals surface area contributed by atoms with Crippen LogP contribution >= 0.6 is 11.8 Å². The van der Waals surface area contributed by atoms with E-state index in [0.717, 1.165) is 11.8 Å². The number of aliphatic hydroxyl groups excluding tert-OH is 1. The van der Waals surface area contributed by atoms with Crippen LogP contribution in [0.2, 0.25) is 0 Å². The maximum atomic E-state index is 11.4. The van der Waals surface area contributed by atoms with Gasteiger partial charge >= 0.3 is 5.97 Å². The minimum atomic E-state index is -0.917. The summed E-state index contributed by atoms with van der Waals surface area (Å²) < 4.78 is 0. The number of carbonyl (C=O) groups is 2. The number of aliphatic carboxylic acids is 1. The number of aliphatic hydroxyl groups is 1. The molecular formula is C9H17NO4S. The predicted molar refractivity (Wildman–Crippen MR) is 58.9 cm³/mol. The molecule has 0 bridgehead atoms. The van der Waals surface area contributed by atoms with Crippen LogP contribution in [0.25, 0.3) is 0 Å². The number of thioether (sulfide) groups is 1. The molecule has 1 atom stereocenters. The number of rotatable bonds is 7. The molecule has 2 N–H and O–H groups in total. The van der Waals surface area contributed by atoms with Crippen molar-refractivity contribution >= 4 is 23.6 Å². The predicted octanol–water partition coefficient (Wildman–Crippen LogP) is 0.0335. The van der Waals surface area contributed by atoms with Crippen LogP contribution in [0.15, 0.2) is 0 Å². The second-order valence-electron chi connectivity index (χ2n) is 3.34. The van der Waals surface area contributed by atoms with Crippen molar-refractivity contribution in [3.63, 3.8) is 0 Å². The van der Waals surface area contributed by atoms with Gasteiger partial charge in [-0.2, -0.15) is 0 Å². The maximum Gasteiger partial charge on any atom is 0.313 e. The van der Waals surface area contributed by atoms with Crippen molar-refractivity contribution in [1.29, 1.82) is 0 Å². The molecule has 6 heteroatoms. The van der Waals surface area contributed by atoms with Crippen LogP contribution in [-0.2, 0) is 9.59 Å². The van der Waals surface area contributed by atoms with Crippen LogP contribution in [0, 0.1) is 0 Å². The number of carbonyl (C=O) groups excluding carboxylic acids is 1. The van der Waals surface area contributed by atoms with Gasteiger partial charge in [-0.3, -0.25) is 9.59 Å². The van der Waals surface area contributed by atoms with Crippen molar-refractivity contribution in [2.75, 3.05) is 25.1 Å². The molecule has 15 heavy (non-hydrogen) atoms. The first-order valence-corrected chi connectivity index (χ1v) is 5.80. The third kappa shape index (κ3) is 8.26. The monoisotopic (exact) mass is 235 g/mol. The summed E-state index contributed by atoms with van der Waals surface area (Å²) >= 11 is 1.08. The van der Waals surface area contributed by atoms with Gasteiger partial charge in [0.05, 0.1) is 17.6 Å². The molecule has 88 valence electrons. The van der Waals surface area contributed by atoms with Gasteiger partial charge in [-0.15, -0.1) is 11.8 Å². The zero-order chi connectivity index (χ0) is 11.8. The second-order valence-corrected chi connectivity index (χ2v) is 4.33. The average molecular weight is 235 g/mol. The fourth-order valence-corrected chi connectivity index (χ4v) is 1.51. The summed E-state index contributed by atoms with van der Waals surface area (Å²) in [6.45, 7) is 2.15. The largest absolute Gasteiger partial charge is 0.481 e. The summed E-state index contributed by atoms with van der Waals surface area (Å²) in [5.41, 5.74) is 0. The Morgan fingerprint density at radius 2 is 2.00 bits per heavy atom. The van der Waals surface area contributed by atoms with E-state index in [0.29, 0.717) is 13.0 Å². The van der Waals surface area contributed by atoms with E-state index in [4.69, 9.17) is 10.2 Å². The van der Waals surface area contributed by atoms with Crippen molar-refractivity contribution in [2.24, 2.45) is 0 Å². The van der Waals surface area contributed by atoms with Crippen LogP contribution in [0.1, 0.15) is 13.3 Å². The highest BCUT2D eigenvalue weighted by Gasteiger charge is 2.10. The van der Waals surface area contributed by atoms with E-state index in [9.17, 15) is 9.59 Å². The molecule has 0 aromatic heterocycles. The van der Waals surface area contributed by atoms with Crippen molar-refractivity contribution in [1.82, 2.24) is 4.90 Å². The fourth-order valence-electron chi connectivity index (χ4n) is 0.841. The Hall–Kier alpha value is -0.750. The summed E-state index contributed by atoms with van der Waals surface area (Å²) in [4.78, 5) is 23.1. The molecule has 0 saturated carbocycles. The van der Waals surface area contributed by atoms with Gasteiger partial charge in [0, 0.05) is 13.6 Å². The van der Waals surface area contributed by atoms with E-state index in [1.807, 2.05) is 0 Å². The number of hydrogen-bond donors (Lipinski definition) is 2. The average Bonchev–Trinajstić information content (AvgIpc) is 2.13. The van der Waals surface area contributed by atoms with Gasteiger partial charge in [0.25, 0.3) is 0 Å². The lowest BCUT2D eigenvalue weighted by molar-refractivity contribution is -0.133. The molecule has 0 radical (unpaired) electrons. The number of carboxylic acid groups (broad SMARTS) is 1. The van der Waals surface area contributed by atoms with Gasteiger partial charge < -0.3 is 15.1 Å². The summed E-state index contributed by atoms with van der Waals surface area (Å²) in [5, 5.41) is 17.4. The maximum absolute atomic E-state index is 11.4. The molecule has 1 amide bonds. The molecule has 0 rings (SSSR count). The van der Waals surface area contributed by atoms with Crippen LogP contribution < -0.4 is 0 Å². The number of amides is 1. The summed E-state index contributed by atoms with van der Waals surface area (Å²) in [6, 6.07) is 0. The van der Waals surface area contributed by atoms with Crippen LogP contribution in [0.5, 0.6) is 0 Å². The quantitative estimate of drug-likeness (QED) is 0.651. The normalized spacial score (nSPS) is 12.2. The zero-order valence-corrected chi connectivity index (χ0v) is 9.79. The van der Waals surface area contributed by atoms with Gasteiger partial charge in [-0.25, -0.2) is 0 Å². The third-order valence-electron chi connectivity index (χ3n) is 1.76. The topological polar surface area (TPSA) is 77.8 Å². The highest BCUT2D eigenvalue weighted by Crippen LogP contribution is 2.02. The van der Waals surface area contributed by atoms with Gasteiger partial charge in [0.15, 0.2) is 0 Å². The van der Waals surface area contributed by atoms with Crippen LogP contribution in [0.3, 0.4) is 0 Å². The van der Waals surface area contributed by atoms with E-state index >= 15 is 0 Å². The second kappa shape index (κ2) is 7.53. The zero-order valence-electron chi connectivity index (χ0n) is 8.97. The van der Waals surface area contributed by atoms with Gasteiger partial charge in [0.2, 0.25) is 5.91 Å². The Bertz CT molecular complexity index is 220. The Kier molecular flexibility index (Phi) is 7.15. The van der Waals surface area contributed by atoms with Crippen LogP contribution in [-0.4, -0.2) is 58.2 Å². The van der Waals surface area contributed by atoms with Crippen molar-refractivity contribution in [3.05, 3.63) is 0 Å². The summed E-state index contributed by atoms with van der Waals surface area (Å²) in [7, 11) is 1.64. The molecule has 5 nitrogen and oxygen atoms in total. The molecule has 0 heterocycles. The first-order chi connectivity index (χ1) is 6.93. The SMILES string of the molecule is CC(O)CCN(C)C(=O)CSCC(=O)O. The first-order valence-electron chi connectivity index (χ1n) is 4.65. The third-order valence-corrected chi connectivity index (χ3v) is 2.66. The smallest absolute Gasteiger partial charge is 0.313 e. The molecule has 0 aromatic carbocycles. The lowest BCUT2D eigenvalue weighted by Crippen LogP contribution is -2.31. The fraction of sp³-hybridized carbons (Fsp3) is 0.778. The van der Waals surface area contributed by atoms with Crippen LogP contribution in [0.4, 0.5) is 0 Å². The van der Waals surface area contributed by atoms with E-state index in [1.165, 1.54) is 4.90 Å². The molecule has 0 fully saturated rings. The molecular weight excluding hydrogens is 218 g/mol. The van der Waals surface area contributed by atoms with E-state index in [-0.39, 0.29) is 17.4 Å². The Morgan fingerprint density at radius 3 is 2.47 bits per heavy atom. The number of hydrogen-bond acceptors (Lipinski definition) is 4. The molecule has 0 saturated heterocycles. The highest BCUT2D eigenvalue weighted by atomic mass is 32.2. The summed E-state index contributed by atoms with van der Waals surface area (Å²) in [5.74, 6) is -0.917. The number of carboxylic acids is 1. The van der Waals surface area contributed by atoms with Crippen molar-refractivity contribution in [3.8, 4) is 0 Å². The van der Waals surface area contributed by atoms with E-state index in [2.05, 4.69) is 0 Å². The Labute approximate surface area is 93.5 Å². The van der Waals surface area contributed by atoms with Crippen molar-refractivity contribution in [2.45, 2.75) is 19.4 Å². The van der Waals surface area contributed by atoms with E-state index < -0.39 is 12.1 Å². The van der Waals surface area contributed by atoms with Gasteiger partial charge in [0.1, 0.15) is 0 Å².